The lowest BCUT2D eigenvalue weighted by molar-refractivity contribution is -0.141. The monoisotopic (exact) mass is 296 g/mol. The third-order valence-corrected chi connectivity index (χ3v) is 4.68. The number of nitrogens with zero attached hydrogens (tertiary/aromatic N) is 2. The molecule has 0 radical (unpaired) electrons. The van der Waals surface area contributed by atoms with Gasteiger partial charge in [-0.2, -0.15) is 0 Å². The van der Waals surface area contributed by atoms with Crippen LogP contribution in [0.4, 0.5) is 5.82 Å². The zero-order valence-corrected chi connectivity index (χ0v) is 13.8. The van der Waals surface area contributed by atoms with Gasteiger partial charge in [0.15, 0.2) is 12.1 Å². The molecule has 1 aromatic heterocycles. The van der Waals surface area contributed by atoms with E-state index >= 15 is 0 Å². The molecule has 1 aliphatic rings. The molecule has 0 bridgehead atoms. The number of methoxy groups -OCH3 is 2. The number of hydrogen-bond acceptors (Lipinski definition) is 5. The second-order valence-electron chi connectivity index (χ2n) is 6.28. The normalized spacial score (nSPS) is 18.7. The Morgan fingerprint density at radius 3 is 2.33 bits per heavy atom. The van der Waals surface area contributed by atoms with Crippen molar-refractivity contribution in [3.63, 3.8) is 0 Å². The highest BCUT2D eigenvalue weighted by Gasteiger charge is 2.28. The number of piperidine rings is 1. The number of aromatic nitrogens is 1. The van der Waals surface area contributed by atoms with E-state index in [2.05, 4.69) is 36.9 Å². The van der Waals surface area contributed by atoms with Crippen molar-refractivity contribution >= 4 is 5.82 Å². The van der Waals surface area contributed by atoms with E-state index in [9.17, 15) is 0 Å². The standard InChI is InChI=1S/C16H28N2O3/c1-11(2)12(3)14-10-15(17-21-14)18-8-6-13(7-9-18)16(19-4)20-5/h10-13,16H,6-9H2,1-5H3. The van der Waals surface area contributed by atoms with Crippen LogP contribution >= 0.6 is 0 Å². The van der Waals surface area contributed by atoms with E-state index in [-0.39, 0.29) is 6.29 Å². The quantitative estimate of drug-likeness (QED) is 0.754. The van der Waals surface area contributed by atoms with Crippen molar-refractivity contribution in [3.05, 3.63) is 11.8 Å². The van der Waals surface area contributed by atoms with Crippen molar-refractivity contribution in [1.29, 1.82) is 0 Å². The summed E-state index contributed by atoms with van der Waals surface area (Å²) < 4.78 is 16.3. The molecule has 0 aliphatic carbocycles. The van der Waals surface area contributed by atoms with Crippen molar-refractivity contribution < 1.29 is 14.0 Å². The molecule has 1 saturated heterocycles. The lowest BCUT2D eigenvalue weighted by atomic mass is 9.95. The van der Waals surface area contributed by atoms with E-state index in [4.69, 9.17) is 14.0 Å². The SMILES string of the molecule is COC(OC)C1CCN(c2cc(C(C)C(C)C)on2)CC1. The zero-order chi connectivity index (χ0) is 15.4. The summed E-state index contributed by atoms with van der Waals surface area (Å²) in [6.45, 7) is 8.52. The Kier molecular flexibility index (Phi) is 5.65. The van der Waals surface area contributed by atoms with Gasteiger partial charge in [0.05, 0.1) is 0 Å². The van der Waals surface area contributed by atoms with Crippen molar-refractivity contribution in [2.24, 2.45) is 11.8 Å². The van der Waals surface area contributed by atoms with Crippen molar-refractivity contribution in [2.75, 3.05) is 32.2 Å². The van der Waals surface area contributed by atoms with E-state index < -0.39 is 0 Å². The van der Waals surface area contributed by atoms with Crippen molar-refractivity contribution in [2.45, 2.75) is 45.8 Å². The topological polar surface area (TPSA) is 47.7 Å². The molecule has 1 unspecified atom stereocenters. The average Bonchev–Trinajstić information content (AvgIpc) is 2.98. The largest absolute Gasteiger partial charge is 0.359 e. The van der Waals surface area contributed by atoms with Crippen LogP contribution in [-0.2, 0) is 9.47 Å². The molecule has 1 atom stereocenters. The Balaban J connectivity index is 1.93. The Morgan fingerprint density at radius 1 is 1.19 bits per heavy atom. The second-order valence-corrected chi connectivity index (χ2v) is 6.28. The van der Waals surface area contributed by atoms with Gasteiger partial charge >= 0.3 is 0 Å². The molecule has 120 valence electrons. The van der Waals surface area contributed by atoms with E-state index in [0.29, 0.717) is 17.8 Å². The maximum absolute atomic E-state index is 5.52. The lowest BCUT2D eigenvalue weighted by Crippen LogP contribution is -2.39. The van der Waals surface area contributed by atoms with Crippen LogP contribution in [0, 0.1) is 11.8 Å². The van der Waals surface area contributed by atoms with Gasteiger partial charge in [-0.1, -0.05) is 25.9 Å². The molecule has 21 heavy (non-hydrogen) atoms. The van der Waals surface area contributed by atoms with Crippen LogP contribution in [0.1, 0.15) is 45.3 Å². The predicted molar refractivity (Wildman–Crippen MR) is 82.5 cm³/mol. The first-order valence-electron chi connectivity index (χ1n) is 7.84. The molecule has 5 heteroatoms. The molecule has 2 rings (SSSR count). The minimum absolute atomic E-state index is 0.0963. The van der Waals surface area contributed by atoms with Gasteiger partial charge in [0.2, 0.25) is 0 Å². The van der Waals surface area contributed by atoms with Gasteiger partial charge in [0.25, 0.3) is 0 Å². The third-order valence-electron chi connectivity index (χ3n) is 4.68. The maximum Gasteiger partial charge on any atom is 0.172 e. The Morgan fingerprint density at radius 2 is 1.81 bits per heavy atom. The van der Waals surface area contributed by atoms with Crippen LogP contribution in [0.3, 0.4) is 0 Å². The number of anilines is 1. The fraction of sp³-hybridized carbons (Fsp3) is 0.812. The van der Waals surface area contributed by atoms with Gasteiger partial charge in [0.1, 0.15) is 5.76 Å². The summed E-state index contributed by atoms with van der Waals surface area (Å²) in [6, 6.07) is 2.09. The van der Waals surface area contributed by atoms with Crippen LogP contribution in [0.5, 0.6) is 0 Å². The van der Waals surface area contributed by atoms with Crippen LogP contribution in [-0.4, -0.2) is 38.8 Å². The molecular weight excluding hydrogens is 268 g/mol. The van der Waals surface area contributed by atoms with Crippen LogP contribution in [0.2, 0.25) is 0 Å². The van der Waals surface area contributed by atoms with Crippen LogP contribution < -0.4 is 4.90 Å². The van der Waals surface area contributed by atoms with Gasteiger partial charge in [-0.15, -0.1) is 0 Å². The smallest absolute Gasteiger partial charge is 0.172 e. The first-order valence-corrected chi connectivity index (χ1v) is 7.84. The molecule has 1 aromatic rings. The molecule has 0 aromatic carbocycles. The number of rotatable bonds is 6. The van der Waals surface area contributed by atoms with Crippen molar-refractivity contribution in [3.8, 4) is 0 Å². The molecular formula is C16H28N2O3. The summed E-state index contributed by atoms with van der Waals surface area (Å²) in [6.07, 6.45) is 2.00. The van der Waals surface area contributed by atoms with E-state index in [1.165, 1.54) is 0 Å². The molecule has 0 saturated carbocycles. The van der Waals surface area contributed by atoms with Crippen LogP contribution in [0.25, 0.3) is 0 Å². The molecule has 1 fully saturated rings. The summed E-state index contributed by atoms with van der Waals surface area (Å²) in [5.74, 6) is 3.35. The second kappa shape index (κ2) is 7.27. The summed E-state index contributed by atoms with van der Waals surface area (Å²) in [4.78, 5) is 2.29. The van der Waals surface area contributed by atoms with E-state index in [1.54, 1.807) is 14.2 Å². The fourth-order valence-corrected chi connectivity index (χ4v) is 2.85. The summed E-state index contributed by atoms with van der Waals surface area (Å²) in [5.41, 5.74) is 0. The first-order chi connectivity index (χ1) is 10.1. The van der Waals surface area contributed by atoms with E-state index in [1.807, 2.05) is 0 Å². The molecule has 0 amide bonds. The van der Waals surface area contributed by atoms with Gasteiger partial charge in [-0.05, 0) is 18.8 Å². The predicted octanol–water partition coefficient (Wildman–Crippen LogP) is 3.27. The van der Waals surface area contributed by atoms with Gasteiger partial charge in [0, 0.05) is 45.2 Å². The Bertz CT molecular complexity index is 421. The molecule has 1 aliphatic heterocycles. The summed E-state index contributed by atoms with van der Waals surface area (Å²) in [5, 5.41) is 4.24. The van der Waals surface area contributed by atoms with Gasteiger partial charge in [-0.3, -0.25) is 0 Å². The number of hydrogen-bond donors (Lipinski definition) is 0. The minimum atomic E-state index is -0.0963. The highest BCUT2D eigenvalue weighted by atomic mass is 16.7. The van der Waals surface area contributed by atoms with E-state index in [0.717, 1.165) is 37.5 Å². The van der Waals surface area contributed by atoms with Gasteiger partial charge < -0.3 is 18.9 Å². The zero-order valence-electron chi connectivity index (χ0n) is 13.8. The Labute approximate surface area is 127 Å². The van der Waals surface area contributed by atoms with Crippen molar-refractivity contribution in [1.82, 2.24) is 5.16 Å². The highest BCUT2D eigenvalue weighted by Crippen LogP contribution is 2.30. The van der Waals surface area contributed by atoms with Gasteiger partial charge in [-0.25, -0.2) is 0 Å². The van der Waals surface area contributed by atoms with Crippen LogP contribution in [0.15, 0.2) is 10.6 Å². The fourth-order valence-electron chi connectivity index (χ4n) is 2.85. The lowest BCUT2D eigenvalue weighted by Gasteiger charge is -2.34. The average molecular weight is 296 g/mol. The Hall–Kier alpha value is -1.07. The molecule has 2 heterocycles. The summed E-state index contributed by atoms with van der Waals surface area (Å²) >= 11 is 0. The highest BCUT2D eigenvalue weighted by molar-refractivity contribution is 5.39. The molecule has 0 spiro atoms. The summed E-state index contributed by atoms with van der Waals surface area (Å²) in [7, 11) is 3.41. The maximum atomic E-state index is 5.52. The molecule has 5 nitrogen and oxygen atoms in total. The number of ether oxygens (including phenoxy) is 2. The third kappa shape index (κ3) is 3.77. The first kappa shape index (κ1) is 16.3. The molecule has 0 N–H and O–H groups in total. The minimum Gasteiger partial charge on any atom is -0.359 e.